The van der Waals surface area contributed by atoms with Crippen molar-refractivity contribution in [3.05, 3.63) is 0 Å². The zero-order chi connectivity index (χ0) is 15.6. The summed E-state index contributed by atoms with van der Waals surface area (Å²) in [5.74, 6) is -0.657. The molecule has 0 aromatic heterocycles. The molecule has 1 rings (SSSR count). The molecule has 1 saturated heterocycles. The summed E-state index contributed by atoms with van der Waals surface area (Å²) in [6.45, 7) is 4.25. The lowest BCUT2D eigenvalue weighted by atomic mass is 10.1. The maximum absolute atomic E-state index is 10.3. The summed E-state index contributed by atoms with van der Waals surface area (Å²) in [6, 6.07) is 0. The third kappa shape index (κ3) is 19.4. The van der Waals surface area contributed by atoms with Crippen LogP contribution >= 0.6 is 0 Å². The van der Waals surface area contributed by atoms with Crippen LogP contribution in [0.1, 0.15) is 96.8 Å². The van der Waals surface area contributed by atoms with Gasteiger partial charge in [-0.15, -0.1) is 0 Å². The number of unbranched alkanes of at least 4 members (excludes halogenated alkanes) is 10. The smallest absolute Gasteiger partial charge is 0.303 e. The molecule has 1 aliphatic heterocycles. The average molecular weight is 300 g/mol. The molecule has 0 spiro atoms. The molecular formula is C18H36O3. The van der Waals surface area contributed by atoms with Crippen molar-refractivity contribution in [2.24, 2.45) is 0 Å². The van der Waals surface area contributed by atoms with Gasteiger partial charge >= 0.3 is 5.97 Å². The normalized spacial score (nSPS) is 13.8. The third-order valence-corrected chi connectivity index (χ3v) is 3.82. The van der Waals surface area contributed by atoms with Crippen LogP contribution in [0.3, 0.4) is 0 Å². The molecule has 3 nitrogen and oxygen atoms in total. The van der Waals surface area contributed by atoms with E-state index in [0.717, 1.165) is 26.1 Å². The van der Waals surface area contributed by atoms with Crippen LogP contribution < -0.4 is 0 Å². The van der Waals surface area contributed by atoms with E-state index >= 15 is 0 Å². The van der Waals surface area contributed by atoms with E-state index in [4.69, 9.17) is 9.84 Å². The van der Waals surface area contributed by atoms with Crippen LogP contribution in [0.5, 0.6) is 0 Å². The molecule has 0 unspecified atom stereocenters. The first-order valence-corrected chi connectivity index (χ1v) is 9.07. The minimum atomic E-state index is -0.657. The van der Waals surface area contributed by atoms with E-state index in [1.54, 1.807) is 0 Å². The monoisotopic (exact) mass is 300 g/mol. The molecule has 0 aliphatic carbocycles. The topological polar surface area (TPSA) is 46.5 Å². The van der Waals surface area contributed by atoms with Gasteiger partial charge in [-0.05, 0) is 19.3 Å². The van der Waals surface area contributed by atoms with Crippen LogP contribution in [0.2, 0.25) is 0 Å². The Kier molecular flexibility index (Phi) is 17.0. The van der Waals surface area contributed by atoms with Crippen LogP contribution in [0.15, 0.2) is 0 Å². The van der Waals surface area contributed by atoms with E-state index in [2.05, 4.69) is 6.92 Å². The first kappa shape index (κ1) is 20.4. The van der Waals surface area contributed by atoms with E-state index in [0.29, 0.717) is 6.42 Å². The van der Waals surface area contributed by atoms with Crippen molar-refractivity contribution in [3.63, 3.8) is 0 Å². The molecule has 1 fully saturated rings. The summed E-state index contributed by atoms with van der Waals surface area (Å²) in [7, 11) is 0. The molecule has 1 N–H and O–H groups in total. The molecule has 0 bridgehead atoms. The molecule has 0 aromatic rings. The predicted octanol–water partition coefficient (Wildman–Crippen LogP) is 5.57. The standard InChI is InChI=1S/C14H28O2.C4H8O/c1-2-3-4-5-6-7-8-9-10-11-12-13-14(15)16;1-2-4-5-3-1/h2-13H2,1H3,(H,15,16);1-4H2. The van der Waals surface area contributed by atoms with Crippen molar-refractivity contribution in [1.29, 1.82) is 0 Å². The number of carboxylic acid groups (broad SMARTS) is 1. The molecule has 1 aliphatic rings. The maximum atomic E-state index is 10.3. The maximum Gasteiger partial charge on any atom is 0.303 e. The number of ether oxygens (including phenoxy) is 1. The van der Waals surface area contributed by atoms with Crippen molar-refractivity contribution in [3.8, 4) is 0 Å². The first-order chi connectivity index (χ1) is 10.3. The van der Waals surface area contributed by atoms with Crippen molar-refractivity contribution in [2.45, 2.75) is 96.8 Å². The summed E-state index contributed by atoms with van der Waals surface area (Å²) in [5.41, 5.74) is 0. The van der Waals surface area contributed by atoms with E-state index < -0.39 is 5.97 Å². The first-order valence-electron chi connectivity index (χ1n) is 9.07. The van der Waals surface area contributed by atoms with Crippen molar-refractivity contribution in [1.82, 2.24) is 0 Å². The molecule has 3 heteroatoms. The molecule has 0 saturated carbocycles. The second kappa shape index (κ2) is 17.5. The second-order valence-electron chi connectivity index (χ2n) is 6.00. The summed E-state index contributed by atoms with van der Waals surface area (Å²) >= 11 is 0. The number of rotatable bonds is 12. The fourth-order valence-corrected chi connectivity index (χ4v) is 2.45. The highest BCUT2D eigenvalue weighted by atomic mass is 16.5. The summed E-state index contributed by atoms with van der Waals surface area (Å²) < 4.78 is 4.94. The fourth-order valence-electron chi connectivity index (χ4n) is 2.45. The van der Waals surface area contributed by atoms with Gasteiger partial charge in [0.1, 0.15) is 0 Å². The number of carboxylic acids is 1. The molecule has 0 atom stereocenters. The zero-order valence-electron chi connectivity index (χ0n) is 14.1. The SMILES string of the molecule is C1CCOC1.CCCCCCCCCCCCCC(=O)O. The van der Waals surface area contributed by atoms with E-state index in [9.17, 15) is 4.79 Å². The molecule has 0 amide bonds. The zero-order valence-corrected chi connectivity index (χ0v) is 14.1. The van der Waals surface area contributed by atoms with Gasteiger partial charge in [-0.3, -0.25) is 4.79 Å². The van der Waals surface area contributed by atoms with Crippen molar-refractivity contribution >= 4 is 5.97 Å². The van der Waals surface area contributed by atoms with Crippen LogP contribution in [0.4, 0.5) is 0 Å². The molecule has 0 aromatic carbocycles. The van der Waals surface area contributed by atoms with Crippen molar-refractivity contribution < 1.29 is 14.6 Å². The Morgan fingerprint density at radius 2 is 1.24 bits per heavy atom. The molecule has 21 heavy (non-hydrogen) atoms. The Hall–Kier alpha value is -0.570. The van der Waals surface area contributed by atoms with Crippen LogP contribution in [0, 0.1) is 0 Å². The highest BCUT2D eigenvalue weighted by Crippen LogP contribution is 2.11. The molecular weight excluding hydrogens is 264 g/mol. The highest BCUT2D eigenvalue weighted by molar-refractivity contribution is 5.66. The minimum Gasteiger partial charge on any atom is -0.481 e. The van der Waals surface area contributed by atoms with Crippen LogP contribution in [0.25, 0.3) is 0 Å². The molecule has 0 radical (unpaired) electrons. The fraction of sp³-hybridized carbons (Fsp3) is 0.944. The molecule has 1 heterocycles. The van der Waals surface area contributed by atoms with E-state index in [1.165, 1.54) is 70.6 Å². The summed E-state index contributed by atoms with van der Waals surface area (Å²) in [6.07, 6.45) is 16.9. The Morgan fingerprint density at radius 3 is 1.57 bits per heavy atom. The van der Waals surface area contributed by atoms with Gasteiger partial charge in [0.25, 0.3) is 0 Å². The Balaban J connectivity index is 0.000000662. The Bertz CT molecular complexity index is 205. The quantitative estimate of drug-likeness (QED) is 0.479. The van der Waals surface area contributed by atoms with Gasteiger partial charge < -0.3 is 9.84 Å². The van der Waals surface area contributed by atoms with E-state index in [-0.39, 0.29) is 0 Å². The third-order valence-electron chi connectivity index (χ3n) is 3.82. The summed E-state index contributed by atoms with van der Waals surface area (Å²) in [4.78, 5) is 10.3. The number of aliphatic carboxylic acids is 1. The van der Waals surface area contributed by atoms with Gasteiger partial charge in [0, 0.05) is 19.6 Å². The predicted molar refractivity (Wildman–Crippen MR) is 88.8 cm³/mol. The summed E-state index contributed by atoms with van der Waals surface area (Å²) in [5, 5.41) is 8.46. The Morgan fingerprint density at radius 1 is 0.810 bits per heavy atom. The van der Waals surface area contributed by atoms with E-state index in [1.807, 2.05) is 0 Å². The lowest BCUT2D eigenvalue weighted by molar-refractivity contribution is -0.137. The number of hydrogen-bond acceptors (Lipinski definition) is 2. The lowest BCUT2D eigenvalue weighted by Crippen LogP contribution is -1.93. The van der Waals surface area contributed by atoms with Gasteiger partial charge in [-0.1, -0.05) is 71.1 Å². The number of hydrogen-bond donors (Lipinski definition) is 1. The van der Waals surface area contributed by atoms with Crippen molar-refractivity contribution in [2.75, 3.05) is 13.2 Å². The van der Waals surface area contributed by atoms with Crippen LogP contribution in [-0.4, -0.2) is 24.3 Å². The average Bonchev–Trinajstić information content (AvgIpc) is 3.04. The van der Waals surface area contributed by atoms with Crippen LogP contribution in [-0.2, 0) is 9.53 Å². The largest absolute Gasteiger partial charge is 0.481 e. The minimum absolute atomic E-state index is 0.344. The molecule has 126 valence electrons. The van der Waals surface area contributed by atoms with Gasteiger partial charge in [0.2, 0.25) is 0 Å². The van der Waals surface area contributed by atoms with Gasteiger partial charge in [0.15, 0.2) is 0 Å². The Labute approximate surface area is 131 Å². The lowest BCUT2D eigenvalue weighted by Gasteiger charge is -2.01. The van der Waals surface area contributed by atoms with Gasteiger partial charge in [-0.2, -0.15) is 0 Å². The highest BCUT2D eigenvalue weighted by Gasteiger charge is 1.96. The van der Waals surface area contributed by atoms with Gasteiger partial charge in [-0.25, -0.2) is 0 Å². The second-order valence-corrected chi connectivity index (χ2v) is 6.00. The number of carbonyl (C=O) groups is 1. The van der Waals surface area contributed by atoms with Gasteiger partial charge in [0.05, 0.1) is 0 Å².